The van der Waals surface area contributed by atoms with Gasteiger partial charge in [-0.1, -0.05) is 30.3 Å². The fraction of sp³-hybridized carbons (Fsp3) is 0.100. The maximum atomic E-state index is 11.6. The minimum atomic E-state index is -4.93. The molecule has 80 valence electrons. The van der Waals surface area contributed by atoms with Crippen molar-refractivity contribution in [3.63, 3.8) is 0 Å². The lowest BCUT2D eigenvalue weighted by atomic mass is 10.2. The summed E-state index contributed by atoms with van der Waals surface area (Å²) < 4.78 is 37.8. The normalized spacial score (nSPS) is 11.7. The Kier molecular flexibility index (Phi) is 3.49. The third-order valence-electron chi connectivity index (χ3n) is 1.43. The first-order valence-electron chi connectivity index (χ1n) is 4.00. The van der Waals surface area contributed by atoms with Crippen LogP contribution < -0.4 is 0 Å². The molecule has 0 atom stereocenters. The molecule has 0 heterocycles. The van der Waals surface area contributed by atoms with E-state index in [2.05, 4.69) is 4.74 Å². The van der Waals surface area contributed by atoms with Crippen LogP contribution in [0.3, 0.4) is 0 Å². The topological polar surface area (TPSA) is 26.3 Å². The lowest BCUT2D eigenvalue weighted by Gasteiger charge is -2.03. The molecule has 0 aliphatic heterocycles. The van der Waals surface area contributed by atoms with Gasteiger partial charge in [0.25, 0.3) is 0 Å². The SMILES string of the molecule is O=C(C=Cc1ccccc1)OC(F)(F)F. The largest absolute Gasteiger partial charge is 0.575 e. The highest BCUT2D eigenvalue weighted by molar-refractivity contribution is 5.87. The molecule has 0 N–H and O–H groups in total. The van der Waals surface area contributed by atoms with Gasteiger partial charge >= 0.3 is 12.3 Å². The van der Waals surface area contributed by atoms with E-state index in [1.54, 1.807) is 30.3 Å². The molecule has 0 aromatic heterocycles. The highest BCUT2D eigenvalue weighted by atomic mass is 19.4. The number of carbonyl (C=O) groups is 1. The first-order chi connectivity index (χ1) is 6.97. The first-order valence-corrected chi connectivity index (χ1v) is 4.00. The number of hydrogen-bond donors (Lipinski definition) is 0. The van der Waals surface area contributed by atoms with Gasteiger partial charge in [-0.25, -0.2) is 4.79 Å². The third kappa shape index (κ3) is 4.85. The van der Waals surface area contributed by atoms with E-state index in [-0.39, 0.29) is 0 Å². The van der Waals surface area contributed by atoms with Crippen LogP contribution in [0.15, 0.2) is 36.4 Å². The Labute approximate surface area is 84.0 Å². The maximum Gasteiger partial charge on any atom is 0.575 e. The minimum absolute atomic E-state index is 0.622. The zero-order valence-corrected chi connectivity index (χ0v) is 7.49. The van der Waals surface area contributed by atoms with Crippen molar-refractivity contribution < 1.29 is 22.7 Å². The van der Waals surface area contributed by atoms with E-state index in [9.17, 15) is 18.0 Å². The molecule has 5 heteroatoms. The quantitative estimate of drug-likeness (QED) is 0.561. The Morgan fingerprint density at radius 2 is 1.80 bits per heavy atom. The van der Waals surface area contributed by atoms with Crippen molar-refractivity contribution in [2.75, 3.05) is 0 Å². The molecule has 1 rings (SSSR count). The second-order valence-electron chi connectivity index (χ2n) is 2.61. The standard InChI is InChI=1S/C10H7F3O2/c11-10(12,13)15-9(14)7-6-8-4-2-1-3-5-8/h1-7H. The Morgan fingerprint density at radius 3 is 2.33 bits per heavy atom. The number of benzene rings is 1. The van der Waals surface area contributed by atoms with Crippen LogP contribution in [0.25, 0.3) is 6.08 Å². The molecule has 2 nitrogen and oxygen atoms in total. The summed E-state index contributed by atoms with van der Waals surface area (Å²) in [6.07, 6.45) is -2.96. The van der Waals surface area contributed by atoms with Crippen LogP contribution >= 0.6 is 0 Å². The van der Waals surface area contributed by atoms with Gasteiger partial charge in [0.05, 0.1) is 0 Å². The smallest absolute Gasteiger partial charge is 0.370 e. The summed E-state index contributed by atoms with van der Waals surface area (Å²) in [5, 5.41) is 0. The van der Waals surface area contributed by atoms with Gasteiger partial charge < -0.3 is 4.74 Å². The van der Waals surface area contributed by atoms with Gasteiger partial charge in [0.15, 0.2) is 0 Å². The summed E-state index contributed by atoms with van der Waals surface area (Å²) in [4.78, 5) is 10.6. The fourth-order valence-electron chi connectivity index (χ4n) is 0.876. The molecule has 1 aromatic carbocycles. The average Bonchev–Trinajstić information content (AvgIpc) is 2.14. The van der Waals surface area contributed by atoms with E-state index in [0.29, 0.717) is 5.56 Å². The van der Waals surface area contributed by atoms with Crippen molar-refractivity contribution in [2.45, 2.75) is 6.36 Å². The zero-order chi connectivity index (χ0) is 11.3. The Balaban J connectivity index is 2.56. The lowest BCUT2D eigenvalue weighted by molar-refractivity contribution is -0.302. The predicted octanol–water partition coefficient (Wildman–Crippen LogP) is 2.76. The maximum absolute atomic E-state index is 11.6. The molecular formula is C10H7F3O2. The summed E-state index contributed by atoms with van der Waals surface area (Å²) in [6, 6.07) is 8.46. The van der Waals surface area contributed by atoms with Crippen molar-refractivity contribution in [1.29, 1.82) is 0 Å². The van der Waals surface area contributed by atoms with Gasteiger partial charge in [-0.2, -0.15) is 0 Å². The van der Waals surface area contributed by atoms with E-state index >= 15 is 0 Å². The number of ether oxygens (including phenoxy) is 1. The molecule has 0 saturated carbocycles. The van der Waals surface area contributed by atoms with Gasteiger partial charge in [-0.3, -0.25) is 0 Å². The molecule has 0 amide bonds. The van der Waals surface area contributed by atoms with Crippen LogP contribution in [0.4, 0.5) is 13.2 Å². The average molecular weight is 216 g/mol. The Hall–Kier alpha value is -1.78. The van der Waals surface area contributed by atoms with Crippen LogP contribution in [0.2, 0.25) is 0 Å². The molecule has 0 aliphatic carbocycles. The van der Waals surface area contributed by atoms with Crippen molar-refractivity contribution >= 4 is 12.0 Å². The number of esters is 1. The van der Waals surface area contributed by atoms with Crippen LogP contribution in [-0.4, -0.2) is 12.3 Å². The molecule has 0 unspecified atom stereocenters. The summed E-state index contributed by atoms with van der Waals surface area (Å²) in [5.41, 5.74) is 0.622. The van der Waals surface area contributed by atoms with Crippen LogP contribution in [0.5, 0.6) is 0 Å². The van der Waals surface area contributed by atoms with E-state index in [1.165, 1.54) is 6.08 Å². The summed E-state index contributed by atoms with van der Waals surface area (Å²) >= 11 is 0. The second-order valence-corrected chi connectivity index (χ2v) is 2.61. The van der Waals surface area contributed by atoms with Crippen molar-refractivity contribution in [3.8, 4) is 0 Å². The summed E-state index contributed by atoms with van der Waals surface area (Å²) in [6.45, 7) is 0. The molecule has 1 aromatic rings. The van der Waals surface area contributed by atoms with Gasteiger partial charge in [0.1, 0.15) is 0 Å². The summed E-state index contributed by atoms with van der Waals surface area (Å²) in [5.74, 6) is -1.44. The lowest BCUT2D eigenvalue weighted by Crippen LogP contribution is -2.17. The van der Waals surface area contributed by atoms with E-state index in [0.717, 1.165) is 6.08 Å². The van der Waals surface area contributed by atoms with E-state index in [4.69, 9.17) is 0 Å². The predicted molar refractivity (Wildman–Crippen MR) is 47.6 cm³/mol. The Morgan fingerprint density at radius 1 is 1.20 bits per heavy atom. The van der Waals surface area contributed by atoms with E-state index < -0.39 is 12.3 Å². The molecule has 0 fully saturated rings. The number of hydrogen-bond acceptors (Lipinski definition) is 2. The zero-order valence-electron chi connectivity index (χ0n) is 7.49. The second kappa shape index (κ2) is 4.63. The monoisotopic (exact) mass is 216 g/mol. The number of rotatable bonds is 2. The molecule has 0 spiro atoms. The van der Waals surface area contributed by atoms with Crippen molar-refractivity contribution in [3.05, 3.63) is 42.0 Å². The highest BCUT2D eigenvalue weighted by Crippen LogP contribution is 2.16. The molecular weight excluding hydrogens is 209 g/mol. The van der Waals surface area contributed by atoms with Crippen LogP contribution in [-0.2, 0) is 9.53 Å². The van der Waals surface area contributed by atoms with Gasteiger partial charge in [0, 0.05) is 6.08 Å². The summed E-state index contributed by atoms with van der Waals surface area (Å²) in [7, 11) is 0. The van der Waals surface area contributed by atoms with Crippen LogP contribution in [0.1, 0.15) is 5.56 Å². The molecule has 15 heavy (non-hydrogen) atoms. The molecule has 0 saturated heterocycles. The van der Waals surface area contributed by atoms with Gasteiger partial charge in [-0.15, -0.1) is 13.2 Å². The number of alkyl halides is 3. The van der Waals surface area contributed by atoms with E-state index in [1.807, 2.05) is 0 Å². The number of carbonyl (C=O) groups excluding carboxylic acids is 1. The Bertz CT molecular complexity index is 355. The van der Waals surface area contributed by atoms with Crippen molar-refractivity contribution in [1.82, 2.24) is 0 Å². The number of halogens is 3. The fourth-order valence-corrected chi connectivity index (χ4v) is 0.876. The molecule has 0 radical (unpaired) electrons. The minimum Gasteiger partial charge on any atom is -0.370 e. The molecule has 0 aliphatic rings. The van der Waals surface area contributed by atoms with Gasteiger partial charge in [0.2, 0.25) is 0 Å². The third-order valence-corrected chi connectivity index (χ3v) is 1.43. The highest BCUT2D eigenvalue weighted by Gasteiger charge is 2.32. The van der Waals surface area contributed by atoms with Gasteiger partial charge in [-0.05, 0) is 11.6 Å². The van der Waals surface area contributed by atoms with Crippen LogP contribution in [0, 0.1) is 0 Å². The molecule has 0 bridgehead atoms. The van der Waals surface area contributed by atoms with Crippen molar-refractivity contribution in [2.24, 2.45) is 0 Å². The first kappa shape index (κ1) is 11.3.